The van der Waals surface area contributed by atoms with E-state index < -0.39 is 0 Å². The minimum Gasteiger partial charge on any atom is -0.341 e. The molecule has 0 unspecified atom stereocenters. The Bertz CT molecular complexity index is 796. The number of nitriles is 1. The second-order valence-corrected chi connectivity index (χ2v) is 6.58. The normalized spacial score (nSPS) is 12.7. The molecular formula is C21H23Cl2N3. The van der Waals surface area contributed by atoms with E-state index in [0.717, 1.165) is 43.9 Å². The second kappa shape index (κ2) is 10.2. The van der Waals surface area contributed by atoms with Gasteiger partial charge in [0, 0.05) is 35.6 Å². The Morgan fingerprint density at radius 2 is 1.88 bits per heavy atom. The number of fused-ring (bicyclic) bond motifs is 2. The van der Waals surface area contributed by atoms with Gasteiger partial charge in [-0.1, -0.05) is 41.9 Å². The van der Waals surface area contributed by atoms with E-state index in [0.29, 0.717) is 0 Å². The number of anilines is 2. The predicted octanol–water partition coefficient (Wildman–Crippen LogP) is 5.06. The average molecular weight is 388 g/mol. The summed E-state index contributed by atoms with van der Waals surface area (Å²) in [6, 6.07) is 16.9. The fourth-order valence-corrected chi connectivity index (χ4v) is 3.45. The summed E-state index contributed by atoms with van der Waals surface area (Å²) in [5, 5.41) is 12.6. The summed E-state index contributed by atoms with van der Waals surface area (Å²) >= 11 is 6.28. The fraction of sp³-hybridized carbons (Fsp3) is 0.286. The quantitative estimate of drug-likeness (QED) is 0.556. The van der Waals surface area contributed by atoms with Crippen LogP contribution >= 0.6 is 24.0 Å². The van der Waals surface area contributed by atoms with E-state index in [2.05, 4.69) is 46.6 Å². The zero-order chi connectivity index (χ0) is 17.5. The van der Waals surface area contributed by atoms with Crippen LogP contribution < -0.4 is 10.2 Å². The Balaban J connectivity index is 0.00000243. The van der Waals surface area contributed by atoms with Gasteiger partial charge in [0.15, 0.2) is 0 Å². The molecule has 2 aromatic carbocycles. The number of hydrogen-bond acceptors (Lipinski definition) is 3. The lowest BCUT2D eigenvalue weighted by Crippen LogP contribution is -2.24. The van der Waals surface area contributed by atoms with Gasteiger partial charge < -0.3 is 10.2 Å². The van der Waals surface area contributed by atoms with E-state index in [4.69, 9.17) is 16.9 Å². The van der Waals surface area contributed by atoms with Gasteiger partial charge >= 0.3 is 0 Å². The van der Waals surface area contributed by atoms with Crippen molar-refractivity contribution in [2.75, 3.05) is 24.5 Å². The molecule has 0 radical (unpaired) electrons. The van der Waals surface area contributed by atoms with Crippen LogP contribution in [0.2, 0.25) is 5.02 Å². The van der Waals surface area contributed by atoms with Crippen LogP contribution in [0.3, 0.4) is 0 Å². The molecule has 0 saturated carbocycles. The first kappa shape index (κ1) is 20.3. The fourth-order valence-electron chi connectivity index (χ4n) is 3.28. The maximum Gasteiger partial charge on any atom is 0.0909 e. The number of nitrogens with one attached hydrogen (secondary N) is 1. The number of nitrogens with zero attached hydrogens (tertiary/aromatic N) is 2. The van der Waals surface area contributed by atoms with E-state index in [1.165, 1.54) is 28.6 Å². The van der Waals surface area contributed by atoms with Crippen molar-refractivity contribution in [3.8, 4) is 6.07 Å². The highest BCUT2D eigenvalue weighted by Gasteiger charge is 2.20. The monoisotopic (exact) mass is 387 g/mol. The first-order valence-corrected chi connectivity index (χ1v) is 9.06. The second-order valence-electron chi connectivity index (χ2n) is 6.14. The van der Waals surface area contributed by atoms with Gasteiger partial charge in [-0.2, -0.15) is 5.26 Å². The third-order valence-corrected chi connectivity index (χ3v) is 4.71. The molecule has 5 heteroatoms. The zero-order valence-electron chi connectivity index (χ0n) is 14.6. The summed E-state index contributed by atoms with van der Waals surface area (Å²) in [5.74, 6) is 0. The van der Waals surface area contributed by atoms with Crippen molar-refractivity contribution in [2.45, 2.75) is 19.3 Å². The number of benzene rings is 2. The summed E-state index contributed by atoms with van der Waals surface area (Å²) in [6.07, 6.45) is 6.46. The molecule has 1 heterocycles. The lowest BCUT2D eigenvalue weighted by molar-refractivity contribution is 0.692. The van der Waals surface area contributed by atoms with Gasteiger partial charge in [-0.25, -0.2) is 0 Å². The SMILES string of the molecule is Cl.N#C/C=C/CNCCCN1c2ccccc2CCc2ccc(Cl)cc21. The third-order valence-electron chi connectivity index (χ3n) is 4.47. The lowest BCUT2D eigenvalue weighted by atomic mass is 10.0. The van der Waals surface area contributed by atoms with Crippen molar-refractivity contribution in [3.05, 3.63) is 70.8 Å². The number of para-hydroxylation sites is 1. The molecule has 1 aliphatic rings. The van der Waals surface area contributed by atoms with Gasteiger partial charge in [0.1, 0.15) is 0 Å². The molecule has 0 saturated heterocycles. The molecule has 0 fully saturated rings. The molecule has 0 aromatic heterocycles. The van der Waals surface area contributed by atoms with Gasteiger partial charge in [0.05, 0.1) is 6.07 Å². The summed E-state index contributed by atoms with van der Waals surface area (Å²) in [6.45, 7) is 2.57. The van der Waals surface area contributed by atoms with Crippen LogP contribution in [-0.2, 0) is 12.8 Å². The van der Waals surface area contributed by atoms with Gasteiger partial charge in [0.2, 0.25) is 0 Å². The van der Waals surface area contributed by atoms with Gasteiger partial charge in [-0.15, -0.1) is 12.4 Å². The van der Waals surface area contributed by atoms with Crippen LogP contribution in [0, 0.1) is 11.3 Å². The maximum atomic E-state index is 8.49. The predicted molar refractivity (Wildman–Crippen MR) is 112 cm³/mol. The first-order valence-electron chi connectivity index (χ1n) is 8.69. The topological polar surface area (TPSA) is 39.1 Å². The number of hydrogen-bond donors (Lipinski definition) is 1. The average Bonchev–Trinajstić information content (AvgIpc) is 2.78. The van der Waals surface area contributed by atoms with Crippen molar-refractivity contribution < 1.29 is 0 Å². The number of halogens is 2. The highest BCUT2D eigenvalue weighted by atomic mass is 35.5. The van der Waals surface area contributed by atoms with Gasteiger partial charge in [-0.3, -0.25) is 0 Å². The van der Waals surface area contributed by atoms with Crippen LogP contribution in [0.4, 0.5) is 11.4 Å². The van der Waals surface area contributed by atoms with Crippen LogP contribution in [0.1, 0.15) is 17.5 Å². The molecule has 0 spiro atoms. The molecule has 0 aliphatic carbocycles. The van der Waals surface area contributed by atoms with Crippen LogP contribution in [-0.4, -0.2) is 19.6 Å². The van der Waals surface area contributed by atoms with Gasteiger partial charge in [0.25, 0.3) is 0 Å². The number of aryl methyl sites for hydroxylation is 2. The van der Waals surface area contributed by atoms with Crippen LogP contribution in [0.25, 0.3) is 0 Å². The van der Waals surface area contributed by atoms with Crippen molar-refractivity contribution in [1.29, 1.82) is 5.26 Å². The Morgan fingerprint density at radius 1 is 1.12 bits per heavy atom. The van der Waals surface area contributed by atoms with E-state index in [1.807, 2.05) is 18.2 Å². The maximum absolute atomic E-state index is 8.49. The molecule has 3 rings (SSSR count). The Hall–Kier alpha value is -1.99. The highest BCUT2D eigenvalue weighted by Crippen LogP contribution is 2.37. The summed E-state index contributed by atoms with van der Waals surface area (Å²) < 4.78 is 0. The molecule has 26 heavy (non-hydrogen) atoms. The number of rotatable bonds is 6. The molecule has 2 aromatic rings. The largest absolute Gasteiger partial charge is 0.341 e. The van der Waals surface area contributed by atoms with Crippen LogP contribution in [0.5, 0.6) is 0 Å². The van der Waals surface area contributed by atoms with Crippen LogP contribution in [0.15, 0.2) is 54.6 Å². The minimum absolute atomic E-state index is 0. The summed E-state index contributed by atoms with van der Waals surface area (Å²) in [7, 11) is 0. The Labute approximate surface area is 166 Å². The Morgan fingerprint density at radius 3 is 2.69 bits per heavy atom. The molecule has 3 nitrogen and oxygen atoms in total. The highest BCUT2D eigenvalue weighted by molar-refractivity contribution is 6.30. The molecule has 0 amide bonds. The van der Waals surface area contributed by atoms with E-state index >= 15 is 0 Å². The molecular weight excluding hydrogens is 365 g/mol. The molecule has 0 atom stereocenters. The smallest absolute Gasteiger partial charge is 0.0909 e. The molecule has 1 aliphatic heterocycles. The minimum atomic E-state index is 0. The van der Waals surface area contributed by atoms with Gasteiger partial charge in [-0.05, 0) is 55.1 Å². The van der Waals surface area contributed by atoms with Crippen molar-refractivity contribution in [2.24, 2.45) is 0 Å². The summed E-state index contributed by atoms with van der Waals surface area (Å²) in [5.41, 5.74) is 5.25. The third kappa shape index (κ3) is 5.02. The molecule has 136 valence electrons. The van der Waals surface area contributed by atoms with Crippen molar-refractivity contribution in [1.82, 2.24) is 5.32 Å². The van der Waals surface area contributed by atoms with E-state index in [9.17, 15) is 0 Å². The summed E-state index contributed by atoms with van der Waals surface area (Å²) in [4.78, 5) is 2.40. The van der Waals surface area contributed by atoms with Crippen molar-refractivity contribution in [3.63, 3.8) is 0 Å². The first-order chi connectivity index (χ1) is 12.3. The van der Waals surface area contributed by atoms with E-state index in [1.54, 1.807) is 0 Å². The Kier molecular flexibility index (Phi) is 8.00. The standard InChI is InChI=1S/C21H22ClN3.ClH/c22-19-11-10-18-9-8-17-6-1-2-7-20(17)25(21(18)16-19)15-5-14-24-13-4-3-12-23;/h1-4,6-7,10-11,16,24H,5,8-9,13-15H2;1H/b4-3+;. The molecule has 1 N–H and O–H groups in total. The van der Waals surface area contributed by atoms with Crippen molar-refractivity contribution >= 4 is 35.4 Å². The lowest BCUT2D eigenvalue weighted by Gasteiger charge is -2.27. The molecule has 0 bridgehead atoms. The zero-order valence-corrected chi connectivity index (χ0v) is 16.2. The van der Waals surface area contributed by atoms with E-state index in [-0.39, 0.29) is 12.4 Å². The number of allylic oxidation sites excluding steroid dienone is 1.